The van der Waals surface area contributed by atoms with Crippen LogP contribution in [-0.2, 0) is 23.9 Å². The Bertz CT molecular complexity index is 1970. The van der Waals surface area contributed by atoms with E-state index in [9.17, 15) is 29.1 Å². The molecule has 0 bridgehead atoms. The van der Waals surface area contributed by atoms with Crippen LogP contribution in [0.2, 0.25) is 0 Å². The van der Waals surface area contributed by atoms with Gasteiger partial charge in [-0.1, -0.05) is 88.4 Å². The summed E-state index contributed by atoms with van der Waals surface area (Å²) in [6, 6.07) is 22.5. The zero-order valence-corrected chi connectivity index (χ0v) is 33.9. The van der Waals surface area contributed by atoms with Crippen molar-refractivity contribution in [2.45, 2.75) is 85.4 Å². The van der Waals surface area contributed by atoms with Crippen LogP contribution < -0.4 is 14.2 Å². The minimum absolute atomic E-state index is 0.00803. The number of nitrogens with zero attached hydrogens (tertiary/aromatic N) is 2. The van der Waals surface area contributed by atoms with Crippen LogP contribution in [0.15, 0.2) is 85.2 Å². The Hall–Kier alpha value is -6.11. The van der Waals surface area contributed by atoms with E-state index in [4.69, 9.17) is 23.7 Å². The number of aromatic hydroxyl groups is 1. The van der Waals surface area contributed by atoms with Crippen molar-refractivity contribution in [1.82, 2.24) is 9.97 Å². The summed E-state index contributed by atoms with van der Waals surface area (Å²) in [4.78, 5) is 69.4. The van der Waals surface area contributed by atoms with Gasteiger partial charge in [0.15, 0.2) is 40.2 Å². The van der Waals surface area contributed by atoms with Crippen molar-refractivity contribution in [1.29, 1.82) is 0 Å². The second-order valence-electron chi connectivity index (χ2n) is 13.7. The highest BCUT2D eigenvalue weighted by atomic mass is 16.6. The molecule has 0 fully saturated rings. The van der Waals surface area contributed by atoms with E-state index < -0.39 is 41.3 Å². The van der Waals surface area contributed by atoms with Gasteiger partial charge in [0.25, 0.3) is 0 Å². The SMILES string of the molecule is COc1ccnc(C(=O)C[C@@H](C)C(=O)O[C@@H](C)[C@@H](C)c2ccccc2)c1O.COc1ccnc(C(=O)C[C@@H](C)C(=O)O[C@@H](C)[C@@H](C)c2ccccc2)c1OC(C)=O. The summed E-state index contributed by atoms with van der Waals surface area (Å²) in [5.74, 6) is -3.74. The zero-order valence-electron chi connectivity index (χ0n) is 33.9. The summed E-state index contributed by atoms with van der Waals surface area (Å²) in [7, 11) is 2.78. The lowest BCUT2D eigenvalue weighted by atomic mass is 9.96. The summed E-state index contributed by atoms with van der Waals surface area (Å²) in [6.07, 6.45) is 1.81. The van der Waals surface area contributed by atoms with Crippen LogP contribution in [0.5, 0.6) is 23.0 Å². The number of rotatable bonds is 17. The molecule has 0 saturated heterocycles. The number of carbonyl (C=O) groups is 5. The maximum atomic E-state index is 12.8. The summed E-state index contributed by atoms with van der Waals surface area (Å²) in [5, 5.41) is 10.0. The molecule has 0 unspecified atom stereocenters. The first kappa shape index (κ1) is 45.3. The molecule has 0 aliphatic carbocycles. The zero-order chi connectivity index (χ0) is 42.2. The van der Waals surface area contributed by atoms with Gasteiger partial charge in [0.1, 0.15) is 12.2 Å². The van der Waals surface area contributed by atoms with Crippen LogP contribution in [-0.4, -0.2) is 71.0 Å². The molecule has 0 saturated carbocycles. The predicted octanol–water partition coefficient (Wildman–Crippen LogP) is 7.70. The van der Waals surface area contributed by atoms with Gasteiger partial charge in [0.05, 0.1) is 26.1 Å². The van der Waals surface area contributed by atoms with E-state index in [1.54, 1.807) is 13.8 Å². The number of esters is 3. The molecule has 4 rings (SSSR count). The summed E-state index contributed by atoms with van der Waals surface area (Å²) in [6.45, 7) is 12.1. The Morgan fingerprint density at radius 2 is 1.00 bits per heavy atom. The van der Waals surface area contributed by atoms with Gasteiger partial charge in [-0.3, -0.25) is 24.0 Å². The number of benzene rings is 2. The molecule has 0 spiro atoms. The number of hydrogen-bond donors (Lipinski definition) is 1. The maximum absolute atomic E-state index is 12.8. The van der Waals surface area contributed by atoms with Gasteiger partial charge in [-0.2, -0.15) is 0 Å². The molecule has 57 heavy (non-hydrogen) atoms. The van der Waals surface area contributed by atoms with Gasteiger partial charge < -0.3 is 28.8 Å². The quantitative estimate of drug-likeness (QED) is 0.0815. The molecule has 304 valence electrons. The molecule has 2 aromatic carbocycles. The molecule has 4 aromatic rings. The number of methoxy groups -OCH3 is 2. The average Bonchev–Trinajstić information content (AvgIpc) is 3.20. The number of hydrogen-bond acceptors (Lipinski definition) is 13. The minimum Gasteiger partial charge on any atom is -0.503 e. The molecule has 0 amide bonds. The molecule has 2 aromatic heterocycles. The normalized spacial score (nSPS) is 13.8. The number of ether oxygens (including phenoxy) is 5. The van der Waals surface area contributed by atoms with Crippen molar-refractivity contribution >= 4 is 29.5 Å². The fourth-order valence-corrected chi connectivity index (χ4v) is 5.61. The van der Waals surface area contributed by atoms with Crippen molar-refractivity contribution in [3.63, 3.8) is 0 Å². The van der Waals surface area contributed by atoms with Crippen LogP contribution in [0.25, 0.3) is 0 Å². The molecular formula is C44H52N2O11. The average molecular weight is 785 g/mol. The molecule has 6 atom stereocenters. The van der Waals surface area contributed by atoms with E-state index in [0.717, 1.165) is 11.1 Å². The van der Waals surface area contributed by atoms with Crippen LogP contribution in [0, 0.1) is 11.8 Å². The second-order valence-corrected chi connectivity index (χ2v) is 13.7. The van der Waals surface area contributed by atoms with E-state index in [1.807, 2.05) is 88.4 Å². The largest absolute Gasteiger partial charge is 0.503 e. The smallest absolute Gasteiger partial charge is 0.309 e. The Morgan fingerprint density at radius 1 is 0.596 bits per heavy atom. The number of aromatic nitrogens is 2. The van der Waals surface area contributed by atoms with Crippen LogP contribution in [0.4, 0.5) is 0 Å². The Kier molecular flexibility index (Phi) is 17.4. The highest BCUT2D eigenvalue weighted by Gasteiger charge is 2.29. The first-order chi connectivity index (χ1) is 27.1. The molecule has 13 nitrogen and oxygen atoms in total. The van der Waals surface area contributed by atoms with Crippen LogP contribution in [0.1, 0.15) is 105 Å². The van der Waals surface area contributed by atoms with E-state index in [2.05, 4.69) is 9.97 Å². The molecule has 0 aliphatic heterocycles. The van der Waals surface area contributed by atoms with E-state index in [0.29, 0.717) is 0 Å². The van der Waals surface area contributed by atoms with Crippen molar-refractivity contribution in [2.75, 3.05) is 14.2 Å². The monoisotopic (exact) mass is 784 g/mol. The standard InChI is InChI=1S/C23H27NO6.C21H25NO5/c1-14(23(27)29-16(3)15(2)18-9-7-6-8-10-18)13-19(26)21-22(30-17(4)25)20(28-5)11-12-24-21;1-13(12-17(23)19-20(24)18(26-4)10-11-22-19)21(25)27-15(3)14(2)16-8-6-5-7-9-16/h6-12,14-16H,13H2,1-5H3;5-11,13-15,24H,12H2,1-4H3/t14-,15-,16+;13-,14-,15+/m11/s1. The van der Waals surface area contributed by atoms with Gasteiger partial charge in [0.2, 0.25) is 5.75 Å². The number of pyridine rings is 2. The predicted molar refractivity (Wildman–Crippen MR) is 212 cm³/mol. The number of carbonyl (C=O) groups excluding carboxylic acids is 5. The number of Topliss-reactive ketones (excluding diaryl/α,β-unsaturated/α-hetero) is 2. The molecule has 13 heteroatoms. The summed E-state index contributed by atoms with van der Waals surface area (Å²) >= 11 is 0. The second kappa shape index (κ2) is 21.8. The highest BCUT2D eigenvalue weighted by Crippen LogP contribution is 2.32. The number of ketones is 2. The van der Waals surface area contributed by atoms with Gasteiger partial charge in [0, 0.05) is 56.1 Å². The highest BCUT2D eigenvalue weighted by molar-refractivity contribution is 6.00. The van der Waals surface area contributed by atoms with Gasteiger partial charge >= 0.3 is 17.9 Å². The first-order valence-corrected chi connectivity index (χ1v) is 18.6. The molecule has 2 heterocycles. The third kappa shape index (κ3) is 13.0. The summed E-state index contributed by atoms with van der Waals surface area (Å²) in [5.41, 5.74) is 1.97. The van der Waals surface area contributed by atoms with E-state index in [1.165, 1.54) is 45.7 Å². The van der Waals surface area contributed by atoms with Crippen molar-refractivity contribution in [3.8, 4) is 23.0 Å². The first-order valence-electron chi connectivity index (χ1n) is 18.6. The summed E-state index contributed by atoms with van der Waals surface area (Å²) < 4.78 is 26.4. The Morgan fingerprint density at radius 3 is 1.42 bits per heavy atom. The van der Waals surface area contributed by atoms with Crippen molar-refractivity contribution in [2.24, 2.45) is 11.8 Å². The fourth-order valence-electron chi connectivity index (χ4n) is 5.61. The third-order valence-electron chi connectivity index (χ3n) is 9.42. The van der Waals surface area contributed by atoms with Crippen molar-refractivity contribution < 1.29 is 52.8 Å². The van der Waals surface area contributed by atoms with Gasteiger partial charge in [-0.15, -0.1) is 0 Å². The van der Waals surface area contributed by atoms with Crippen LogP contribution in [0.3, 0.4) is 0 Å². The molecule has 1 N–H and O–H groups in total. The van der Waals surface area contributed by atoms with Crippen molar-refractivity contribution in [3.05, 3.63) is 108 Å². The van der Waals surface area contributed by atoms with Crippen LogP contribution >= 0.6 is 0 Å². The molecule has 0 aliphatic rings. The Balaban J connectivity index is 0.000000307. The molecule has 0 radical (unpaired) electrons. The lowest BCUT2D eigenvalue weighted by molar-refractivity contribution is -0.154. The third-order valence-corrected chi connectivity index (χ3v) is 9.42. The lowest BCUT2D eigenvalue weighted by Crippen LogP contribution is -2.26. The molecular weight excluding hydrogens is 732 g/mol. The fraction of sp³-hybridized carbons (Fsp3) is 0.386. The lowest BCUT2D eigenvalue weighted by Gasteiger charge is -2.22. The van der Waals surface area contributed by atoms with E-state index in [-0.39, 0.29) is 71.3 Å². The van der Waals surface area contributed by atoms with E-state index >= 15 is 0 Å². The topological polar surface area (TPSA) is 178 Å². The van der Waals surface area contributed by atoms with Gasteiger partial charge in [-0.25, -0.2) is 9.97 Å². The van der Waals surface area contributed by atoms with Gasteiger partial charge in [-0.05, 0) is 25.0 Å². The Labute approximate surface area is 333 Å². The minimum atomic E-state index is -0.693. The maximum Gasteiger partial charge on any atom is 0.309 e.